The quantitative estimate of drug-likeness (QED) is 0.868. The summed E-state index contributed by atoms with van der Waals surface area (Å²) in [5.74, 6) is -0.00832. The Morgan fingerprint density at radius 2 is 1.96 bits per heavy atom. The van der Waals surface area contributed by atoms with Crippen molar-refractivity contribution in [1.82, 2.24) is 9.21 Å². The van der Waals surface area contributed by atoms with E-state index in [1.807, 2.05) is 0 Å². The molecule has 0 bridgehead atoms. The molecule has 3 heterocycles. The van der Waals surface area contributed by atoms with Crippen LogP contribution < -0.4 is 5.32 Å². The molecule has 0 radical (unpaired) electrons. The van der Waals surface area contributed by atoms with Gasteiger partial charge in [-0.25, -0.2) is 8.42 Å². The first-order valence-corrected chi connectivity index (χ1v) is 10.4. The number of amides is 1. The van der Waals surface area contributed by atoms with Crippen molar-refractivity contribution in [3.05, 3.63) is 23.8 Å². The van der Waals surface area contributed by atoms with E-state index in [0.29, 0.717) is 30.8 Å². The first kappa shape index (κ1) is 17.0. The van der Waals surface area contributed by atoms with Crippen LogP contribution in [0.3, 0.4) is 0 Å². The second-order valence-corrected chi connectivity index (χ2v) is 9.73. The van der Waals surface area contributed by atoms with Crippen molar-refractivity contribution in [3.63, 3.8) is 0 Å². The standard InChI is InChI=1S/C18H25N3O3S/c1-20-9-2-7-18(12-20)8-10-21(13-18)25(23,24)15-4-5-16-14(11-15)3-6-17(22)19-16/h4-5,11H,2-3,6-10,12-13H2,1H3,(H,19,22). The van der Waals surface area contributed by atoms with E-state index in [9.17, 15) is 13.2 Å². The summed E-state index contributed by atoms with van der Waals surface area (Å²) in [6.07, 6.45) is 4.20. The summed E-state index contributed by atoms with van der Waals surface area (Å²) >= 11 is 0. The lowest BCUT2D eigenvalue weighted by Gasteiger charge is -2.38. The smallest absolute Gasteiger partial charge is 0.243 e. The SMILES string of the molecule is CN1CCCC2(CCN(S(=O)(=O)c3ccc4c(c3)CCC(=O)N4)C2)C1. The Morgan fingerprint density at radius 3 is 2.76 bits per heavy atom. The third kappa shape index (κ3) is 3.09. The summed E-state index contributed by atoms with van der Waals surface area (Å²) < 4.78 is 27.9. The second kappa shape index (κ2) is 6.07. The number of nitrogens with zero attached hydrogens (tertiary/aromatic N) is 2. The van der Waals surface area contributed by atoms with Gasteiger partial charge in [-0.2, -0.15) is 4.31 Å². The monoisotopic (exact) mass is 363 g/mol. The van der Waals surface area contributed by atoms with Crippen LogP contribution in [0.2, 0.25) is 0 Å². The molecule has 2 saturated heterocycles. The Kier molecular flexibility index (Phi) is 4.13. The second-order valence-electron chi connectivity index (χ2n) is 7.80. The number of carbonyl (C=O) groups is 1. The number of rotatable bonds is 2. The van der Waals surface area contributed by atoms with E-state index in [0.717, 1.165) is 43.6 Å². The highest BCUT2D eigenvalue weighted by molar-refractivity contribution is 7.89. The lowest BCUT2D eigenvalue weighted by atomic mass is 9.79. The molecule has 0 saturated carbocycles. The van der Waals surface area contributed by atoms with E-state index in [2.05, 4.69) is 17.3 Å². The summed E-state index contributed by atoms with van der Waals surface area (Å²) in [5, 5.41) is 2.81. The number of nitrogens with one attached hydrogen (secondary N) is 1. The van der Waals surface area contributed by atoms with Crippen LogP contribution in [-0.4, -0.2) is 56.8 Å². The molecule has 1 N–H and O–H groups in total. The van der Waals surface area contributed by atoms with Crippen molar-refractivity contribution < 1.29 is 13.2 Å². The fraction of sp³-hybridized carbons (Fsp3) is 0.611. The molecular weight excluding hydrogens is 338 g/mol. The fourth-order valence-corrected chi connectivity index (χ4v) is 6.16. The van der Waals surface area contributed by atoms with Gasteiger partial charge in [0.2, 0.25) is 15.9 Å². The van der Waals surface area contributed by atoms with Gasteiger partial charge in [0.05, 0.1) is 4.90 Å². The van der Waals surface area contributed by atoms with Gasteiger partial charge in [0.25, 0.3) is 0 Å². The van der Waals surface area contributed by atoms with Crippen LogP contribution in [0.25, 0.3) is 0 Å². The minimum absolute atomic E-state index is 0.00832. The minimum atomic E-state index is -3.48. The largest absolute Gasteiger partial charge is 0.326 e. The number of piperidine rings is 1. The highest BCUT2D eigenvalue weighted by Gasteiger charge is 2.44. The third-order valence-corrected chi connectivity index (χ3v) is 7.71. The van der Waals surface area contributed by atoms with Crippen molar-refractivity contribution in [2.45, 2.75) is 37.0 Å². The van der Waals surface area contributed by atoms with Crippen LogP contribution >= 0.6 is 0 Å². The van der Waals surface area contributed by atoms with Crippen molar-refractivity contribution in [3.8, 4) is 0 Å². The lowest BCUT2D eigenvalue weighted by molar-refractivity contribution is -0.116. The summed E-state index contributed by atoms with van der Waals surface area (Å²) in [7, 11) is -1.36. The van der Waals surface area contributed by atoms with Gasteiger partial charge in [-0.05, 0) is 68.5 Å². The molecule has 3 aliphatic heterocycles. The molecule has 25 heavy (non-hydrogen) atoms. The zero-order valence-electron chi connectivity index (χ0n) is 14.6. The number of sulfonamides is 1. The highest BCUT2D eigenvalue weighted by Crippen LogP contribution is 2.40. The normalized spacial score (nSPS) is 28.1. The van der Waals surface area contributed by atoms with Crippen molar-refractivity contribution >= 4 is 21.6 Å². The van der Waals surface area contributed by atoms with E-state index in [1.165, 1.54) is 0 Å². The van der Waals surface area contributed by atoms with Crippen LogP contribution in [0, 0.1) is 5.41 Å². The Hall–Kier alpha value is -1.44. The van der Waals surface area contributed by atoms with E-state index in [1.54, 1.807) is 22.5 Å². The van der Waals surface area contributed by atoms with Gasteiger partial charge < -0.3 is 10.2 Å². The first-order valence-electron chi connectivity index (χ1n) is 9.00. The zero-order valence-corrected chi connectivity index (χ0v) is 15.4. The molecule has 2 fully saturated rings. The number of hydrogen-bond donors (Lipinski definition) is 1. The van der Waals surface area contributed by atoms with Crippen LogP contribution in [0.15, 0.2) is 23.1 Å². The van der Waals surface area contributed by atoms with Crippen molar-refractivity contribution in [1.29, 1.82) is 0 Å². The Bertz CT molecular complexity index is 808. The predicted molar refractivity (Wildman–Crippen MR) is 95.9 cm³/mol. The molecule has 7 heteroatoms. The topological polar surface area (TPSA) is 69.7 Å². The number of likely N-dealkylation sites (tertiary alicyclic amines) is 1. The molecule has 3 aliphatic rings. The van der Waals surface area contributed by atoms with E-state index in [4.69, 9.17) is 0 Å². The van der Waals surface area contributed by atoms with E-state index >= 15 is 0 Å². The highest BCUT2D eigenvalue weighted by atomic mass is 32.2. The number of anilines is 1. The van der Waals surface area contributed by atoms with Crippen LogP contribution in [-0.2, 0) is 21.2 Å². The Labute approximate surface area is 149 Å². The molecule has 1 aromatic carbocycles. The van der Waals surface area contributed by atoms with E-state index < -0.39 is 10.0 Å². The minimum Gasteiger partial charge on any atom is -0.326 e. The molecular formula is C18H25N3O3S. The van der Waals surface area contributed by atoms with Crippen LogP contribution in [0.4, 0.5) is 5.69 Å². The number of aryl methyl sites for hydroxylation is 1. The number of fused-ring (bicyclic) bond motifs is 1. The lowest BCUT2D eigenvalue weighted by Crippen LogP contribution is -2.43. The number of benzene rings is 1. The summed E-state index contributed by atoms with van der Waals surface area (Å²) in [5.41, 5.74) is 1.76. The van der Waals surface area contributed by atoms with Gasteiger partial charge >= 0.3 is 0 Å². The average Bonchev–Trinajstić information content (AvgIpc) is 2.98. The molecule has 0 aliphatic carbocycles. The van der Waals surface area contributed by atoms with Gasteiger partial charge in [-0.15, -0.1) is 0 Å². The van der Waals surface area contributed by atoms with Crippen molar-refractivity contribution in [2.24, 2.45) is 5.41 Å². The maximum absolute atomic E-state index is 13.1. The summed E-state index contributed by atoms with van der Waals surface area (Å²) in [4.78, 5) is 14.1. The van der Waals surface area contributed by atoms with Crippen molar-refractivity contribution in [2.75, 3.05) is 38.5 Å². The van der Waals surface area contributed by atoms with Gasteiger partial charge in [-0.1, -0.05) is 0 Å². The first-order chi connectivity index (χ1) is 11.9. The molecule has 1 atom stereocenters. The molecule has 4 rings (SSSR count). The maximum atomic E-state index is 13.1. The predicted octanol–water partition coefficient (Wildman–Crippen LogP) is 1.68. The maximum Gasteiger partial charge on any atom is 0.243 e. The molecule has 136 valence electrons. The average molecular weight is 363 g/mol. The fourth-order valence-electron chi connectivity index (χ4n) is 4.56. The number of hydrogen-bond acceptors (Lipinski definition) is 4. The van der Waals surface area contributed by atoms with Gasteiger partial charge in [0.1, 0.15) is 0 Å². The van der Waals surface area contributed by atoms with Gasteiger partial charge in [-0.3, -0.25) is 4.79 Å². The van der Waals surface area contributed by atoms with Crippen LogP contribution in [0.5, 0.6) is 0 Å². The Morgan fingerprint density at radius 1 is 1.12 bits per heavy atom. The third-order valence-electron chi connectivity index (χ3n) is 5.87. The molecule has 6 nitrogen and oxygen atoms in total. The molecule has 1 spiro atoms. The zero-order chi connectivity index (χ0) is 17.7. The molecule has 1 amide bonds. The van der Waals surface area contributed by atoms with Crippen LogP contribution in [0.1, 0.15) is 31.2 Å². The number of carbonyl (C=O) groups excluding carboxylic acids is 1. The molecule has 1 aromatic rings. The van der Waals surface area contributed by atoms with E-state index in [-0.39, 0.29) is 11.3 Å². The summed E-state index contributed by atoms with van der Waals surface area (Å²) in [6, 6.07) is 5.08. The Balaban J connectivity index is 1.57. The molecule has 1 unspecified atom stereocenters. The molecule has 0 aromatic heterocycles. The summed E-state index contributed by atoms with van der Waals surface area (Å²) in [6.45, 7) is 3.30. The van der Waals surface area contributed by atoms with Gasteiger partial charge in [0.15, 0.2) is 0 Å². The van der Waals surface area contributed by atoms with Gasteiger partial charge in [0, 0.05) is 31.7 Å².